The zero-order valence-corrected chi connectivity index (χ0v) is 22.4. The van der Waals surface area contributed by atoms with Crippen molar-refractivity contribution in [2.75, 3.05) is 34.4 Å². The van der Waals surface area contributed by atoms with E-state index in [1.807, 2.05) is 19.9 Å². The molecule has 0 spiro atoms. The van der Waals surface area contributed by atoms with Crippen LogP contribution in [0.2, 0.25) is 0 Å². The zero-order chi connectivity index (χ0) is 27.0. The number of carbonyl (C=O) groups excluding carboxylic acids is 2. The largest absolute Gasteiger partial charge is 0.493 e. The van der Waals surface area contributed by atoms with Gasteiger partial charge in [-0.05, 0) is 57.0 Å². The van der Waals surface area contributed by atoms with Crippen molar-refractivity contribution in [1.29, 1.82) is 0 Å². The molecule has 2 aliphatic rings. The molecule has 0 bridgehead atoms. The number of ether oxygens (including phenoxy) is 3. The van der Waals surface area contributed by atoms with Gasteiger partial charge in [0.05, 0.1) is 49.0 Å². The maximum Gasteiger partial charge on any atom is 0.339 e. The van der Waals surface area contributed by atoms with E-state index in [-0.39, 0.29) is 35.5 Å². The highest BCUT2D eigenvalue weighted by Gasteiger charge is 2.47. The van der Waals surface area contributed by atoms with Crippen LogP contribution in [-0.4, -0.2) is 75.8 Å². The third-order valence-electron chi connectivity index (χ3n) is 6.88. The Bertz CT molecular complexity index is 1350. The lowest BCUT2D eigenvalue weighted by atomic mass is 9.83. The van der Waals surface area contributed by atoms with Crippen molar-refractivity contribution in [3.8, 4) is 11.5 Å². The molecule has 4 rings (SSSR count). The van der Waals surface area contributed by atoms with Crippen LogP contribution in [0.25, 0.3) is 0 Å². The Kier molecular flexibility index (Phi) is 7.29. The molecule has 1 amide bonds. The highest BCUT2D eigenvalue weighted by Crippen LogP contribution is 2.38. The summed E-state index contributed by atoms with van der Waals surface area (Å²) < 4.78 is 43.6. The minimum absolute atomic E-state index is 0.00671. The Morgan fingerprint density at radius 3 is 2.27 bits per heavy atom. The van der Waals surface area contributed by atoms with Gasteiger partial charge in [0.25, 0.3) is 5.91 Å². The Labute approximate surface area is 216 Å². The van der Waals surface area contributed by atoms with Crippen LogP contribution in [-0.2, 0) is 19.6 Å². The molecule has 11 heteroatoms. The van der Waals surface area contributed by atoms with Crippen molar-refractivity contribution in [3.63, 3.8) is 0 Å². The van der Waals surface area contributed by atoms with Gasteiger partial charge >= 0.3 is 5.97 Å². The highest BCUT2D eigenvalue weighted by atomic mass is 32.2. The first-order valence-electron chi connectivity index (χ1n) is 11.9. The van der Waals surface area contributed by atoms with E-state index in [1.165, 1.54) is 28.6 Å². The molecule has 2 aromatic rings. The first-order valence-corrected chi connectivity index (χ1v) is 13.3. The van der Waals surface area contributed by atoms with Crippen LogP contribution in [0.5, 0.6) is 11.5 Å². The number of methoxy groups -OCH3 is 3. The van der Waals surface area contributed by atoms with Crippen LogP contribution < -0.4 is 9.47 Å². The molecule has 1 saturated heterocycles. The van der Waals surface area contributed by atoms with Gasteiger partial charge in [-0.15, -0.1) is 0 Å². The van der Waals surface area contributed by atoms with E-state index in [0.29, 0.717) is 30.1 Å². The van der Waals surface area contributed by atoms with E-state index in [1.54, 1.807) is 38.5 Å². The summed E-state index contributed by atoms with van der Waals surface area (Å²) in [6.07, 6.45) is 0.814. The quantitative estimate of drug-likeness (QED) is 0.507. The molecule has 0 radical (unpaired) electrons. The number of sulfonamides is 1. The summed E-state index contributed by atoms with van der Waals surface area (Å²) in [7, 11) is 0.383. The minimum Gasteiger partial charge on any atom is -0.493 e. The summed E-state index contributed by atoms with van der Waals surface area (Å²) in [5.41, 5.74) is 0.480. The third-order valence-corrected chi connectivity index (χ3v) is 8.84. The van der Waals surface area contributed by atoms with Gasteiger partial charge in [0.2, 0.25) is 10.0 Å². The maximum absolute atomic E-state index is 13.4. The van der Waals surface area contributed by atoms with Crippen LogP contribution >= 0.6 is 0 Å². The van der Waals surface area contributed by atoms with E-state index in [4.69, 9.17) is 19.3 Å². The maximum atomic E-state index is 13.4. The summed E-state index contributed by atoms with van der Waals surface area (Å²) in [6, 6.07) is 11.1. The highest BCUT2D eigenvalue weighted by molar-refractivity contribution is 7.89. The zero-order valence-electron chi connectivity index (χ0n) is 21.6. The molecule has 2 heterocycles. The predicted octanol–water partition coefficient (Wildman–Crippen LogP) is 2.92. The van der Waals surface area contributed by atoms with Crippen molar-refractivity contribution in [3.05, 3.63) is 53.6 Å². The fraction of sp³-hybridized carbons (Fsp3) is 0.423. The topological polar surface area (TPSA) is 115 Å². The molecule has 0 aromatic heterocycles. The van der Waals surface area contributed by atoms with E-state index in [0.717, 1.165) is 5.56 Å². The second-order valence-corrected chi connectivity index (χ2v) is 11.3. The van der Waals surface area contributed by atoms with Crippen LogP contribution in [0.1, 0.15) is 42.6 Å². The second-order valence-electron chi connectivity index (χ2n) is 9.42. The van der Waals surface area contributed by atoms with Gasteiger partial charge in [-0.2, -0.15) is 9.41 Å². The van der Waals surface area contributed by atoms with E-state index >= 15 is 0 Å². The number of esters is 1. The first-order chi connectivity index (χ1) is 17.6. The van der Waals surface area contributed by atoms with Gasteiger partial charge in [0, 0.05) is 18.7 Å². The van der Waals surface area contributed by atoms with E-state index in [9.17, 15) is 18.0 Å². The molecule has 0 aliphatic carbocycles. The smallest absolute Gasteiger partial charge is 0.339 e. The lowest BCUT2D eigenvalue weighted by Crippen LogP contribution is -2.47. The summed E-state index contributed by atoms with van der Waals surface area (Å²) in [6.45, 7) is 4.03. The SMILES string of the molecule is COC(=O)c1ccccc1S(=O)(=O)N1CCC(N2N=C(c3ccc(OC)c(OC)c3)C(C)(C)C2=O)CC1. The first kappa shape index (κ1) is 26.6. The van der Waals surface area contributed by atoms with Crippen LogP contribution in [0.4, 0.5) is 0 Å². The molecule has 198 valence electrons. The Morgan fingerprint density at radius 2 is 1.65 bits per heavy atom. The minimum atomic E-state index is -3.93. The van der Waals surface area contributed by atoms with Crippen molar-refractivity contribution >= 4 is 27.6 Å². The van der Waals surface area contributed by atoms with E-state index < -0.39 is 21.4 Å². The molecule has 0 N–H and O–H groups in total. The van der Waals surface area contributed by atoms with Crippen LogP contribution in [0.3, 0.4) is 0 Å². The van der Waals surface area contributed by atoms with Gasteiger partial charge in [-0.1, -0.05) is 12.1 Å². The molecular formula is C26H31N3O7S. The number of amides is 1. The lowest BCUT2D eigenvalue weighted by Gasteiger charge is -2.35. The summed E-state index contributed by atoms with van der Waals surface area (Å²) in [5.74, 6) is 0.258. The number of benzene rings is 2. The number of rotatable bonds is 7. The second kappa shape index (κ2) is 10.1. The summed E-state index contributed by atoms with van der Waals surface area (Å²) >= 11 is 0. The number of hydrazone groups is 1. The molecular weight excluding hydrogens is 498 g/mol. The molecule has 2 aliphatic heterocycles. The van der Waals surface area contributed by atoms with Crippen molar-refractivity contribution < 1.29 is 32.2 Å². The van der Waals surface area contributed by atoms with Crippen molar-refractivity contribution in [2.24, 2.45) is 10.5 Å². The standard InChI is InChI=1S/C26H31N3O7S/c1-26(2)23(17-10-11-20(34-3)21(16-17)35-4)27-29(25(26)31)18-12-14-28(15-13-18)37(32,33)22-9-7-6-8-19(22)24(30)36-5/h6-11,16,18H,12-15H2,1-5H3. The van der Waals surface area contributed by atoms with Gasteiger partial charge < -0.3 is 14.2 Å². The van der Waals surface area contributed by atoms with Gasteiger partial charge in [-0.3, -0.25) is 4.79 Å². The number of hydrogen-bond donors (Lipinski definition) is 0. The van der Waals surface area contributed by atoms with Gasteiger partial charge in [0.1, 0.15) is 0 Å². The van der Waals surface area contributed by atoms with Crippen LogP contribution in [0, 0.1) is 5.41 Å². The average molecular weight is 530 g/mol. The lowest BCUT2D eigenvalue weighted by molar-refractivity contribution is -0.137. The molecule has 37 heavy (non-hydrogen) atoms. The Morgan fingerprint density at radius 1 is 1.00 bits per heavy atom. The number of hydrogen-bond acceptors (Lipinski definition) is 8. The molecule has 2 aromatic carbocycles. The molecule has 1 fully saturated rings. The number of carbonyl (C=O) groups is 2. The fourth-order valence-electron chi connectivity index (χ4n) is 4.75. The Balaban J connectivity index is 1.55. The van der Waals surface area contributed by atoms with Crippen molar-refractivity contribution in [2.45, 2.75) is 37.6 Å². The predicted molar refractivity (Wildman–Crippen MR) is 136 cm³/mol. The number of piperidine rings is 1. The third kappa shape index (κ3) is 4.69. The van der Waals surface area contributed by atoms with Crippen LogP contribution in [0.15, 0.2) is 52.5 Å². The average Bonchev–Trinajstić information content (AvgIpc) is 3.16. The molecule has 0 saturated carbocycles. The molecule has 0 atom stereocenters. The van der Waals surface area contributed by atoms with E-state index in [2.05, 4.69) is 0 Å². The van der Waals surface area contributed by atoms with Gasteiger partial charge in [-0.25, -0.2) is 18.2 Å². The summed E-state index contributed by atoms with van der Waals surface area (Å²) in [5, 5.41) is 6.21. The number of nitrogens with zero attached hydrogens (tertiary/aromatic N) is 3. The van der Waals surface area contributed by atoms with Crippen molar-refractivity contribution in [1.82, 2.24) is 9.31 Å². The van der Waals surface area contributed by atoms with Gasteiger partial charge in [0.15, 0.2) is 11.5 Å². The molecule has 0 unspecified atom stereocenters. The normalized spacial score (nSPS) is 18.5. The summed E-state index contributed by atoms with van der Waals surface area (Å²) in [4.78, 5) is 25.5. The Hall–Kier alpha value is -3.44. The monoisotopic (exact) mass is 529 g/mol. The fourth-order valence-corrected chi connectivity index (χ4v) is 6.40. The molecule has 10 nitrogen and oxygen atoms in total.